The van der Waals surface area contributed by atoms with Crippen molar-refractivity contribution in [2.75, 3.05) is 25.5 Å². The van der Waals surface area contributed by atoms with Crippen LogP contribution in [0.25, 0.3) is 10.9 Å². The van der Waals surface area contributed by atoms with Gasteiger partial charge < -0.3 is 15.8 Å². The molecule has 0 aliphatic rings. The zero-order valence-electron chi connectivity index (χ0n) is 14.9. The number of aromatic nitrogens is 2. The van der Waals surface area contributed by atoms with E-state index in [4.69, 9.17) is 22.1 Å². The number of rotatable bonds is 10. The summed E-state index contributed by atoms with van der Waals surface area (Å²) in [5.74, 6) is -1.00. The van der Waals surface area contributed by atoms with Crippen LogP contribution in [0.1, 0.15) is 13.3 Å². The SMILES string of the molecule is CCOCCCn1c(SCC(=O)NCC(N)=O)nc2cc(Cl)ccc2c1=O. The molecule has 3 N–H and O–H groups in total. The predicted molar refractivity (Wildman–Crippen MR) is 105 cm³/mol. The topological polar surface area (TPSA) is 116 Å². The van der Waals surface area contributed by atoms with Gasteiger partial charge in [-0.1, -0.05) is 23.4 Å². The molecule has 27 heavy (non-hydrogen) atoms. The summed E-state index contributed by atoms with van der Waals surface area (Å²) in [6, 6.07) is 4.89. The Kier molecular flexibility index (Phi) is 8.08. The first-order valence-electron chi connectivity index (χ1n) is 8.38. The summed E-state index contributed by atoms with van der Waals surface area (Å²) in [7, 11) is 0. The van der Waals surface area contributed by atoms with E-state index in [-0.39, 0.29) is 23.8 Å². The number of thioether (sulfide) groups is 1. The van der Waals surface area contributed by atoms with E-state index in [0.29, 0.717) is 47.3 Å². The minimum Gasteiger partial charge on any atom is -0.382 e. The Morgan fingerprint density at radius 3 is 2.89 bits per heavy atom. The highest BCUT2D eigenvalue weighted by atomic mass is 35.5. The maximum Gasteiger partial charge on any atom is 0.262 e. The fourth-order valence-corrected chi connectivity index (χ4v) is 3.34. The number of hydrogen-bond donors (Lipinski definition) is 2. The highest BCUT2D eigenvalue weighted by Crippen LogP contribution is 2.20. The second-order valence-electron chi connectivity index (χ2n) is 5.59. The molecule has 2 aromatic rings. The van der Waals surface area contributed by atoms with Crippen molar-refractivity contribution in [2.24, 2.45) is 5.73 Å². The number of primary amides is 1. The second kappa shape index (κ2) is 10.3. The van der Waals surface area contributed by atoms with Gasteiger partial charge in [0.2, 0.25) is 11.8 Å². The summed E-state index contributed by atoms with van der Waals surface area (Å²) in [6.45, 7) is 3.20. The minimum atomic E-state index is -0.625. The lowest BCUT2D eigenvalue weighted by molar-refractivity contribution is -0.123. The monoisotopic (exact) mass is 412 g/mol. The molecule has 1 aromatic carbocycles. The van der Waals surface area contributed by atoms with E-state index in [1.807, 2.05) is 6.92 Å². The van der Waals surface area contributed by atoms with Gasteiger partial charge in [0, 0.05) is 24.8 Å². The Hall–Kier alpha value is -2.10. The summed E-state index contributed by atoms with van der Waals surface area (Å²) < 4.78 is 6.85. The maximum atomic E-state index is 12.8. The van der Waals surface area contributed by atoms with Gasteiger partial charge in [0.1, 0.15) is 0 Å². The normalized spacial score (nSPS) is 10.9. The molecule has 0 atom stereocenters. The number of carbonyl (C=O) groups is 2. The summed E-state index contributed by atoms with van der Waals surface area (Å²) in [5, 5.41) is 3.73. The quantitative estimate of drug-likeness (QED) is 0.343. The van der Waals surface area contributed by atoms with Crippen molar-refractivity contribution in [2.45, 2.75) is 25.0 Å². The van der Waals surface area contributed by atoms with E-state index in [9.17, 15) is 14.4 Å². The number of nitrogens with one attached hydrogen (secondary N) is 1. The van der Waals surface area contributed by atoms with Gasteiger partial charge >= 0.3 is 0 Å². The number of benzene rings is 1. The molecule has 10 heteroatoms. The summed E-state index contributed by atoms with van der Waals surface area (Å²) in [6.07, 6.45) is 0.635. The number of nitrogens with two attached hydrogens (primary N) is 1. The molecule has 8 nitrogen and oxygen atoms in total. The summed E-state index contributed by atoms with van der Waals surface area (Å²) in [4.78, 5) is 39.9. The van der Waals surface area contributed by atoms with E-state index >= 15 is 0 Å². The molecule has 0 spiro atoms. The lowest BCUT2D eigenvalue weighted by Crippen LogP contribution is -2.34. The molecule has 1 aromatic heterocycles. The fraction of sp³-hybridized carbons (Fsp3) is 0.412. The Morgan fingerprint density at radius 2 is 2.19 bits per heavy atom. The molecule has 1 heterocycles. The third kappa shape index (κ3) is 6.23. The van der Waals surface area contributed by atoms with Crippen LogP contribution in [-0.4, -0.2) is 46.9 Å². The van der Waals surface area contributed by atoms with Crippen molar-refractivity contribution in [3.63, 3.8) is 0 Å². The third-order valence-corrected chi connectivity index (χ3v) is 4.76. The molecule has 2 amide bonds. The van der Waals surface area contributed by atoms with Crippen molar-refractivity contribution in [1.29, 1.82) is 0 Å². The van der Waals surface area contributed by atoms with E-state index in [1.165, 1.54) is 4.57 Å². The van der Waals surface area contributed by atoms with Gasteiger partial charge in [-0.3, -0.25) is 19.0 Å². The molecular formula is C17H21ClN4O4S. The zero-order chi connectivity index (χ0) is 19.8. The van der Waals surface area contributed by atoms with Gasteiger partial charge in [0.25, 0.3) is 5.56 Å². The second-order valence-corrected chi connectivity index (χ2v) is 6.97. The van der Waals surface area contributed by atoms with E-state index in [1.54, 1.807) is 18.2 Å². The molecule has 0 unspecified atom stereocenters. The van der Waals surface area contributed by atoms with Crippen molar-refractivity contribution >= 4 is 46.1 Å². The molecule has 0 aliphatic heterocycles. The van der Waals surface area contributed by atoms with Crippen LogP contribution in [0, 0.1) is 0 Å². The third-order valence-electron chi connectivity index (χ3n) is 3.55. The van der Waals surface area contributed by atoms with Gasteiger partial charge in [-0.05, 0) is 31.5 Å². The number of halogens is 1. The van der Waals surface area contributed by atoms with E-state index < -0.39 is 5.91 Å². The standard InChI is InChI=1S/C17H21ClN4O4S/c1-2-26-7-3-6-22-16(25)12-5-4-11(18)8-13(12)21-17(22)27-10-15(24)20-9-14(19)23/h4-5,8H,2-3,6-7,9-10H2,1H3,(H2,19,23)(H,20,24). The largest absolute Gasteiger partial charge is 0.382 e. The minimum absolute atomic E-state index is 0.00273. The number of ether oxygens (including phenoxy) is 1. The van der Waals surface area contributed by atoms with Gasteiger partial charge in [0.05, 0.1) is 23.2 Å². The Morgan fingerprint density at radius 1 is 1.41 bits per heavy atom. The number of carbonyl (C=O) groups excluding carboxylic acids is 2. The smallest absolute Gasteiger partial charge is 0.262 e. The molecule has 0 aliphatic carbocycles. The van der Waals surface area contributed by atoms with Gasteiger partial charge in [-0.25, -0.2) is 4.98 Å². The summed E-state index contributed by atoms with van der Waals surface area (Å²) in [5.41, 5.74) is 5.27. The first-order chi connectivity index (χ1) is 12.9. The molecule has 2 rings (SSSR count). The van der Waals surface area contributed by atoms with Gasteiger partial charge in [-0.15, -0.1) is 0 Å². The zero-order valence-corrected chi connectivity index (χ0v) is 16.4. The van der Waals surface area contributed by atoms with Crippen LogP contribution < -0.4 is 16.6 Å². The average molecular weight is 413 g/mol. The van der Waals surface area contributed by atoms with Crippen LogP contribution in [0.15, 0.2) is 28.2 Å². The number of nitrogens with zero attached hydrogens (tertiary/aromatic N) is 2. The lowest BCUT2D eigenvalue weighted by atomic mass is 10.2. The van der Waals surface area contributed by atoms with E-state index in [2.05, 4.69) is 10.3 Å². The molecule has 0 saturated heterocycles. The van der Waals surface area contributed by atoms with Crippen molar-refractivity contribution in [1.82, 2.24) is 14.9 Å². The van der Waals surface area contributed by atoms with Crippen LogP contribution >= 0.6 is 23.4 Å². The predicted octanol–water partition coefficient (Wildman–Crippen LogP) is 1.17. The van der Waals surface area contributed by atoms with Gasteiger partial charge in [-0.2, -0.15) is 0 Å². The van der Waals surface area contributed by atoms with Crippen molar-refractivity contribution in [3.05, 3.63) is 33.6 Å². The number of hydrogen-bond acceptors (Lipinski definition) is 6. The van der Waals surface area contributed by atoms with Crippen LogP contribution in [-0.2, 0) is 20.9 Å². The molecule has 146 valence electrons. The maximum absolute atomic E-state index is 12.8. The Bertz CT molecular complexity index is 887. The Labute approximate surface area is 165 Å². The van der Waals surface area contributed by atoms with Crippen LogP contribution in [0.2, 0.25) is 5.02 Å². The molecule has 0 fully saturated rings. The number of amides is 2. The van der Waals surface area contributed by atoms with Crippen molar-refractivity contribution in [3.8, 4) is 0 Å². The van der Waals surface area contributed by atoms with Crippen LogP contribution in [0.3, 0.4) is 0 Å². The van der Waals surface area contributed by atoms with Crippen LogP contribution in [0.4, 0.5) is 0 Å². The fourth-order valence-electron chi connectivity index (χ4n) is 2.32. The molecule has 0 saturated carbocycles. The van der Waals surface area contributed by atoms with Crippen LogP contribution in [0.5, 0.6) is 0 Å². The Balaban J connectivity index is 2.25. The van der Waals surface area contributed by atoms with E-state index in [0.717, 1.165) is 11.8 Å². The van der Waals surface area contributed by atoms with Gasteiger partial charge in [0.15, 0.2) is 5.16 Å². The van der Waals surface area contributed by atoms with Crippen molar-refractivity contribution < 1.29 is 14.3 Å². The number of fused-ring (bicyclic) bond motifs is 1. The first-order valence-corrected chi connectivity index (χ1v) is 9.74. The average Bonchev–Trinajstić information content (AvgIpc) is 2.63. The summed E-state index contributed by atoms with van der Waals surface area (Å²) >= 11 is 7.11. The first kappa shape index (κ1) is 21.2. The molecule has 0 bridgehead atoms. The molecule has 0 radical (unpaired) electrons. The lowest BCUT2D eigenvalue weighted by Gasteiger charge is -2.13. The molecular weight excluding hydrogens is 392 g/mol. The highest BCUT2D eigenvalue weighted by Gasteiger charge is 2.14. The highest BCUT2D eigenvalue weighted by molar-refractivity contribution is 7.99.